The van der Waals surface area contributed by atoms with Crippen LogP contribution in [0.15, 0.2) is 12.3 Å². The van der Waals surface area contributed by atoms with Crippen LogP contribution in [0.4, 0.5) is 5.00 Å². The van der Waals surface area contributed by atoms with E-state index < -0.39 is 11.9 Å². The maximum Gasteiger partial charge on any atom is 0.339 e. The number of amides is 1. The van der Waals surface area contributed by atoms with Gasteiger partial charge < -0.3 is 15.0 Å². The third kappa shape index (κ3) is 3.19. The smallest absolute Gasteiger partial charge is 0.339 e. The lowest BCUT2D eigenvalue weighted by Crippen LogP contribution is -2.16. The Kier molecular flexibility index (Phi) is 4.70. The molecule has 7 heteroatoms. The number of nitrogens with one attached hydrogen (secondary N) is 1. The zero-order valence-corrected chi connectivity index (χ0v) is 14.2. The minimum absolute atomic E-state index is 0.133. The molecule has 0 saturated heterocycles. The average Bonchev–Trinajstić information content (AvgIpc) is 2.99. The van der Waals surface area contributed by atoms with Gasteiger partial charge in [-0.05, 0) is 31.9 Å². The van der Waals surface area contributed by atoms with E-state index in [1.165, 1.54) is 24.3 Å². The summed E-state index contributed by atoms with van der Waals surface area (Å²) < 4.78 is 1.55. The van der Waals surface area contributed by atoms with Gasteiger partial charge in [-0.15, -0.1) is 11.3 Å². The quantitative estimate of drug-likeness (QED) is 0.822. The molecule has 122 valence electrons. The first-order valence-corrected chi connectivity index (χ1v) is 7.92. The third-order valence-corrected chi connectivity index (χ3v) is 4.71. The molecule has 0 unspecified atom stereocenters. The Hall–Kier alpha value is -2.41. The lowest BCUT2D eigenvalue weighted by molar-refractivity contribution is 0.0697. The number of hydrogen-bond acceptors (Lipinski definition) is 4. The molecule has 1 amide bonds. The van der Waals surface area contributed by atoms with Crippen molar-refractivity contribution in [2.24, 2.45) is 7.05 Å². The van der Waals surface area contributed by atoms with Crippen LogP contribution in [0.3, 0.4) is 0 Å². The van der Waals surface area contributed by atoms with Gasteiger partial charge in [0, 0.05) is 23.7 Å². The molecule has 23 heavy (non-hydrogen) atoms. The lowest BCUT2D eigenvalue weighted by Gasteiger charge is -2.06. The van der Waals surface area contributed by atoms with Crippen LogP contribution in [0.1, 0.15) is 55.5 Å². The Labute approximate surface area is 137 Å². The molecule has 0 radical (unpaired) electrons. The molecule has 0 aliphatic rings. The van der Waals surface area contributed by atoms with Crippen molar-refractivity contribution in [3.8, 4) is 0 Å². The zero-order valence-electron chi connectivity index (χ0n) is 13.4. The summed E-state index contributed by atoms with van der Waals surface area (Å²) in [6.45, 7) is 5.14. The van der Waals surface area contributed by atoms with Crippen molar-refractivity contribution >= 4 is 34.0 Å². The molecule has 2 rings (SSSR count). The van der Waals surface area contributed by atoms with Crippen molar-refractivity contribution in [1.29, 1.82) is 0 Å². The first-order chi connectivity index (χ1) is 10.8. The van der Waals surface area contributed by atoms with Gasteiger partial charge in [0.25, 0.3) is 5.91 Å². The number of thiophene rings is 1. The third-order valence-electron chi connectivity index (χ3n) is 3.65. The number of anilines is 1. The van der Waals surface area contributed by atoms with Gasteiger partial charge >= 0.3 is 5.97 Å². The van der Waals surface area contributed by atoms with Crippen molar-refractivity contribution in [1.82, 2.24) is 4.57 Å². The van der Waals surface area contributed by atoms with E-state index in [1.807, 2.05) is 13.8 Å². The number of aryl methyl sites for hydroxylation is 2. The van der Waals surface area contributed by atoms with Crippen molar-refractivity contribution in [3.05, 3.63) is 39.5 Å². The van der Waals surface area contributed by atoms with Crippen LogP contribution < -0.4 is 5.32 Å². The van der Waals surface area contributed by atoms with Crippen LogP contribution in [0.2, 0.25) is 0 Å². The van der Waals surface area contributed by atoms with Gasteiger partial charge in [-0.2, -0.15) is 0 Å². The molecule has 2 N–H and O–H groups in total. The first-order valence-electron chi connectivity index (χ1n) is 7.10. The van der Waals surface area contributed by atoms with Gasteiger partial charge in [0.1, 0.15) is 10.7 Å². The highest BCUT2D eigenvalue weighted by Gasteiger charge is 2.23. The molecule has 0 saturated carbocycles. The number of carboxylic acid groups (broad SMARTS) is 1. The van der Waals surface area contributed by atoms with E-state index in [2.05, 4.69) is 5.32 Å². The van der Waals surface area contributed by atoms with Crippen molar-refractivity contribution in [2.45, 2.75) is 27.2 Å². The largest absolute Gasteiger partial charge is 0.478 e. The Bertz CT molecular complexity index is 801. The van der Waals surface area contributed by atoms with E-state index in [9.17, 15) is 19.5 Å². The molecular formula is C16H18N2O4S. The highest BCUT2D eigenvalue weighted by Crippen LogP contribution is 2.33. The van der Waals surface area contributed by atoms with Crippen molar-refractivity contribution in [3.63, 3.8) is 0 Å². The number of carbonyl (C=O) groups is 3. The number of ketones is 1. The van der Waals surface area contributed by atoms with Crippen molar-refractivity contribution in [2.75, 3.05) is 5.32 Å². The van der Waals surface area contributed by atoms with Crippen LogP contribution >= 0.6 is 11.3 Å². The number of carboxylic acids is 1. The molecule has 0 aliphatic carbocycles. The highest BCUT2D eigenvalue weighted by molar-refractivity contribution is 7.16. The summed E-state index contributed by atoms with van der Waals surface area (Å²) in [5.74, 6) is -1.63. The van der Waals surface area contributed by atoms with Crippen LogP contribution in [-0.2, 0) is 13.5 Å². The number of hydrogen-bond donors (Lipinski definition) is 2. The normalized spacial score (nSPS) is 10.6. The van der Waals surface area contributed by atoms with E-state index in [-0.39, 0.29) is 11.3 Å². The predicted octanol–water partition coefficient (Wildman–Crippen LogP) is 3.11. The lowest BCUT2D eigenvalue weighted by atomic mass is 10.1. The molecule has 2 heterocycles. The molecule has 2 aromatic heterocycles. The summed E-state index contributed by atoms with van der Waals surface area (Å²) >= 11 is 1.25. The number of carbonyl (C=O) groups excluding carboxylic acids is 2. The van der Waals surface area contributed by atoms with Gasteiger partial charge in [0.15, 0.2) is 5.78 Å². The van der Waals surface area contributed by atoms with E-state index >= 15 is 0 Å². The molecule has 0 aromatic carbocycles. The fraction of sp³-hybridized carbons (Fsp3) is 0.312. The number of aromatic carboxylic acids is 1. The monoisotopic (exact) mass is 334 g/mol. The van der Waals surface area contributed by atoms with Crippen LogP contribution in [0.25, 0.3) is 0 Å². The van der Waals surface area contributed by atoms with Crippen LogP contribution in [-0.4, -0.2) is 27.3 Å². The number of aromatic nitrogens is 1. The van der Waals surface area contributed by atoms with Crippen LogP contribution in [0, 0.1) is 6.92 Å². The summed E-state index contributed by atoms with van der Waals surface area (Å²) in [7, 11) is 1.66. The molecule has 0 aliphatic heterocycles. The molecule has 0 atom stereocenters. The van der Waals surface area contributed by atoms with Gasteiger partial charge in [0.05, 0.1) is 5.56 Å². The van der Waals surface area contributed by atoms with Crippen molar-refractivity contribution < 1.29 is 19.5 Å². The SMILES string of the molecule is CCc1c(C)sc(NC(=O)c2cc(C(C)=O)cn2C)c1C(=O)O. The summed E-state index contributed by atoms with van der Waals surface area (Å²) in [5.41, 5.74) is 1.61. The summed E-state index contributed by atoms with van der Waals surface area (Å²) in [5, 5.41) is 12.4. The highest BCUT2D eigenvalue weighted by atomic mass is 32.1. The second-order valence-corrected chi connectivity index (χ2v) is 6.46. The second kappa shape index (κ2) is 6.37. The van der Waals surface area contributed by atoms with Gasteiger partial charge in [-0.1, -0.05) is 6.92 Å². The Balaban J connectivity index is 2.38. The Morgan fingerprint density at radius 2 is 2.00 bits per heavy atom. The summed E-state index contributed by atoms with van der Waals surface area (Å²) in [6, 6.07) is 1.50. The molecule has 0 bridgehead atoms. The van der Waals surface area contributed by atoms with Crippen LogP contribution in [0.5, 0.6) is 0 Å². The summed E-state index contributed by atoms with van der Waals surface area (Å²) in [6.07, 6.45) is 2.16. The zero-order chi connectivity index (χ0) is 17.3. The number of nitrogens with zero attached hydrogens (tertiary/aromatic N) is 1. The number of rotatable bonds is 5. The Morgan fingerprint density at radius 1 is 1.35 bits per heavy atom. The Morgan fingerprint density at radius 3 is 2.48 bits per heavy atom. The van der Waals surface area contributed by atoms with Gasteiger partial charge in [-0.3, -0.25) is 9.59 Å². The first kappa shape index (κ1) is 17.0. The van der Waals surface area contributed by atoms with E-state index in [0.29, 0.717) is 22.7 Å². The minimum Gasteiger partial charge on any atom is -0.478 e. The standard InChI is InChI=1S/C16H18N2O4S/c1-5-11-9(3)23-15(13(11)16(21)22)17-14(20)12-6-10(8(2)19)7-18(12)4/h6-7H,5H2,1-4H3,(H,17,20)(H,21,22). The maximum absolute atomic E-state index is 12.4. The molecule has 0 fully saturated rings. The fourth-order valence-electron chi connectivity index (χ4n) is 2.47. The van der Waals surface area contributed by atoms with E-state index in [0.717, 1.165) is 10.4 Å². The second-order valence-electron chi connectivity index (χ2n) is 5.23. The maximum atomic E-state index is 12.4. The minimum atomic E-state index is -1.06. The average molecular weight is 334 g/mol. The molecule has 0 spiro atoms. The molecular weight excluding hydrogens is 316 g/mol. The number of Topliss-reactive ketones (excluding diaryl/α,β-unsaturated/α-hetero) is 1. The molecule has 2 aromatic rings. The molecule has 6 nitrogen and oxygen atoms in total. The fourth-order valence-corrected chi connectivity index (χ4v) is 3.60. The van der Waals surface area contributed by atoms with E-state index in [1.54, 1.807) is 17.8 Å². The summed E-state index contributed by atoms with van der Waals surface area (Å²) in [4.78, 5) is 36.2. The predicted molar refractivity (Wildman–Crippen MR) is 88.8 cm³/mol. The van der Waals surface area contributed by atoms with Gasteiger partial charge in [-0.25, -0.2) is 4.79 Å². The topological polar surface area (TPSA) is 88.4 Å². The van der Waals surface area contributed by atoms with E-state index in [4.69, 9.17) is 0 Å². The van der Waals surface area contributed by atoms with Gasteiger partial charge in [0.2, 0.25) is 0 Å².